The number of carbonyl (C=O) groups excluding carboxylic acids is 1. The Labute approximate surface area is 98.3 Å². The SMILES string of the molecule is CCOc1cccc(OC(F)F)c1CC(C)=O. The molecule has 1 rings (SSSR count). The van der Waals surface area contributed by atoms with E-state index in [4.69, 9.17) is 4.74 Å². The smallest absolute Gasteiger partial charge is 0.387 e. The van der Waals surface area contributed by atoms with Gasteiger partial charge in [0.2, 0.25) is 0 Å². The van der Waals surface area contributed by atoms with E-state index in [1.54, 1.807) is 19.1 Å². The van der Waals surface area contributed by atoms with Crippen molar-refractivity contribution >= 4 is 5.78 Å². The van der Waals surface area contributed by atoms with Crippen molar-refractivity contribution in [2.45, 2.75) is 26.9 Å². The minimum Gasteiger partial charge on any atom is -0.493 e. The van der Waals surface area contributed by atoms with Crippen molar-refractivity contribution in [1.29, 1.82) is 0 Å². The zero-order valence-electron chi connectivity index (χ0n) is 9.70. The fraction of sp³-hybridized carbons (Fsp3) is 0.417. The van der Waals surface area contributed by atoms with Gasteiger partial charge in [0.05, 0.1) is 6.61 Å². The van der Waals surface area contributed by atoms with E-state index < -0.39 is 6.61 Å². The number of ether oxygens (including phenoxy) is 2. The highest BCUT2D eigenvalue weighted by atomic mass is 19.3. The fourth-order valence-electron chi connectivity index (χ4n) is 1.47. The number of ketones is 1. The summed E-state index contributed by atoms with van der Waals surface area (Å²) in [4.78, 5) is 11.1. The van der Waals surface area contributed by atoms with Crippen LogP contribution in [0.4, 0.5) is 8.78 Å². The summed E-state index contributed by atoms with van der Waals surface area (Å²) in [6.45, 7) is 0.633. The maximum absolute atomic E-state index is 12.2. The van der Waals surface area contributed by atoms with Gasteiger partial charge in [-0.15, -0.1) is 0 Å². The summed E-state index contributed by atoms with van der Waals surface area (Å²) < 4.78 is 34.1. The lowest BCUT2D eigenvalue weighted by molar-refractivity contribution is -0.116. The molecule has 0 aliphatic carbocycles. The Morgan fingerprint density at radius 2 is 2.00 bits per heavy atom. The van der Waals surface area contributed by atoms with Crippen LogP contribution in [-0.2, 0) is 11.2 Å². The Bertz CT molecular complexity index is 391. The Morgan fingerprint density at radius 3 is 2.53 bits per heavy atom. The van der Waals surface area contributed by atoms with Crippen LogP contribution in [0, 0.1) is 0 Å². The number of benzene rings is 1. The summed E-state index contributed by atoms with van der Waals surface area (Å²) in [6.07, 6.45) is 0.0121. The second-order valence-electron chi connectivity index (χ2n) is 3.42. The van der Waals surface area contributed by atoms with Crippen LogP contribution in [0.15, 0.2) is 18.2 Å². The van der Waals surface area contributed by atoms with E-state index in [1.807, 2.05) is 0 Å². The molecule has 0 amide bonds. The van der Waals surface area contributed by atoms with Gasteiger partial charge in [-0.3, -0.25) is 4.79 Å². The zero-order chi connectivity index (χ0) is 12.8. The monoisotopic (exact) mass is 244 g/mol. The molecule has 0 radical (unpaired) electrons. The van der Waals surface area contributed by atoms with E-state index in [0.717, 1.165) is 0 Å². The van der Waals surface area contributed by atoms with Crippen LogP contribution in [0.1, 0.15) is 19.4 Å². The quantitative estimate of drug-likeness (QED) is 0.771. The first-order valence-corrected chi connectivity index (χ1v) is 5.23. The molecule has 0 saturated heterocycles. The molecule has 3 nitrogen and oxygen atoms in total. The van der Waals surface area contributed by atoms with Crippen molar-refractivity contribution in [3.8, 4) is 11.5 Å². The second kappa shape index (κ2) is 6.18. The Kier molecular flexibility index (Phi) is 4.87. The van der Waals surface area contributed by atoms with Gasteiger partial charge in [0.25, 0.3) is 0 Å². The van der Waals surface area contributed by atoms with Gasteiger partial charge in [0, 0.05) is 12.0 Å². The van der Waals surface area contributed by atoms with Gasteiger partial charge >= 0.3 is 6.61 Å². The molecule has 5 heteroatoms. The molecule has 0 spiro atoms. The molecular formula is C12H14F2O3. The first-order chi connectivity index (χ1) is 8.04. The van der Waals surface area contributed by atoms with Crippen LogP contribution in [0.2, 0.25) is 0 Å². The van der Waals surface area contributed by atoms with Gasteiger partial charge in [-0.05, 0) is 26.0 Å². The van der Waals surface area contributed by atoms with Crippen LogP contribution in [-0.4, -0.2) is 19.0 Å². The number of carbonyl (C=O) groups is 1. The molecule has 0 aliphatic rings. The molecule has 0 atom stereocenters. The topological polar surface area (TPSA) is 35.5 Å². The lowest BCUT2D eigenvalue weighted by atomic mass is 10.1. The first-order valence-electron chi connectivity index (χ1n) is 5.23. The van der Waals surface area contributed by atoms with Crippen molar-refractivity contribution in [3.63, 3.8) is 0 Å². The molecular weight excluding hydrogens is 230 g/mol. The standard InChI is InChI=1S/C12H14F2O3/c1-3-16-10-5-4-6-11(17-12(13)14)9(10)7-8(2)15/h4-6,12H,3,7H2,1-2H3. The number of hydrogen-bond donors (Lipinski definition) is 0. The third-order valence-electron chi connectivity index (χ3n) is 2.03. The fourth-order valence-corrected chi connectivity index (χ4v) is 1.47. The minimum atomic E-state index is -2.92. The molecule has 0 fully saturated rings. The molecule has 0 unspecified atom stereocenters. The predicted octanol–water partition coefficient (Wildman–Crippen LogP) is 2.82. The van der Waals surface area contributed by atoms with Crippen LogP contribution < -0.4 is 9.47 Å². The van der Waals surface area contributed by atoms with E-state index in [2.05, 4.69) is 4.74 Å². The number of halogens is 2. The highest BCUT2D eigenvalue weighted by Crippen LogP contribution is 2.30. The normalized spacial score (nSPS) is 10.4. The molecule has 17 heavy (non-hydrogen) atoms. The van der Waals surface area contributed by atoms with Crippen LogP contribution >= 0.6 is 0 Å². The van der Waals surface area contributed by atoms with E-state index in [1.165, 1.54) is 13.0 Å². The van der Waals surface area contributed by atoms with Crippen molar-refractivity contribution in [1.82, 2.24) is 0 Å². The average Bonchev–Trinajstić information content (AvgIpc) is 2.21. The van der Waals surface area contributed by atoms with Gasteiger partial charge in [-0.25, -0.2) is 0 Å². The average molecular weight is 244 g/mol. The van der Waals surface area contributed by atoms with Crippen LogP contribution in [0.25, 0.3) is 0 Å². The van der Waals surface area contributed by atoms with E-state index in [9.17, 15) is 13.6 Å². The summed E-state index contributed by atoms with van der Waals surface area (Å²) >= 11 is 0. The predicted molar refractivity (Wildman–Crippen MR) is 58.6 cm³/mol. The van der Waals surface area contributed by atoms with Crippen LogP contribution in [0.3, 0.4) is 0 Å². The molecule has 94 valence electrons. The number of hydrogen-bond acceptors (Lipinski definition) is 3. The maximum atomic E-state index is 12.2. The maximum Gasteiger partial charge on any atom is 0.387 e. The van der Waals surface area contributed by atoms with Gasteiger partial charge in [-0.2, -0.15) is 8.78 Å². The van der Waals surface area contributed by atoms with E-state index in [0.29, 0.717) is 17.9 Å². The molecule has 0 saturated carbocycles. The highest BCUT2D eigenvalue weighted by molar-refractivity contribution is 5.80. The first kappa shape index (κ1) is 13.4. The summed E-state index contributed by atoms with van der Waals surface area (Å²) in [6, 6.07) is 4.57. The highest BCUT2D eigenvalue weighted by Gasteiger charge is 2.15. The molecule has 0 heterocycles. The molecule has 1 aromatic carbocycles. The van der Waals surface area contributed by atoms with Gasteiger partial charge < -0.3 is 9.47 Å². The number of rotatable bonds is 6. The Hall–Kier alpha value is -1.65. The van der Waals surface area contributed by atoms with Crippen molar-refractivity contribution < 1.29 is 23.0 Å². The summed E-state index contributed by atoms with van der Waals surface area (Å²) in [7, 11) is 0. The molecule has 0 aromatic heterocycles. The van der Waals surface area contributed by atoms with Crippen LogP contribution in [0.5, 0.6) is 11.5 Å². The molecule has 0 bridgehead atoms. The van der Waals surface area contributed by atoms with Crippen molar-refractivity contribution in [3.05, 3.63) is 23.8 Å². The van der Waals surface area contributed by atoms with E-state index in [-0.39, 0.29) is 18.0 Å². The third kappa shape index (κ3) is 4.01. The lowest BCUT2D eigenvalue weighted by Crippen LogP contribution is -2.08. The Balaban J connectivity index is 3.08. The lowest BCUT2D eigenvalue weighted by Gasteiger charge is -2.14. The molecule has 1 aromatic rings. The van der Waals surface area contributed by atoms with Gasteiger partial charge in [0.15, 0.2) is 0 Å². The number of alkyl halides is 2. The summed E-state index contributed by atoms with van der Waals surface area (Å²) in [5.41, 5.74) is 0.363. The largest absolute Gasteiger partial charge is 0.493 e. The minimum absolute atomic E-state index is 0.0121. The third-order valence-corrected chi connectivity index (χ3v) is 2.03. The molecule has 0 N–H and O–H groups in total. The van der Waals surface area contributed by atoms with Gasteiger partial charge in [0.1, 0.15) is 17.3 Å². The Morgan fingerprint density at radius 1 is 1.35 bits per heavy atom. The number of Topliss-reactive ketones (excluding diaryl/α,β-unsaturated/α-hetero) is 1. The summed E-state index contributed by atoms with van der Waals surface area (Å²) in [5, 5.41) is 0. The molecule has 0 aliphatic heterocycles. The zero-order valence-corrected chi connectivity index (χ0v) is 9.70. The van der Waals surface area contributed by atoms with Crippen molar-refractivity contribution in [2.24, 2.45) is 0 Å². The summed E-state index contributed by atoms with van der Waals surface area (Å²) in [5.74, 6) is 0.248. The van der Waals surface area contributed by atoms with Crippen molar-refractivity contribution in [2.75, 3.05) is 6.61 Å². The second-order valence-corrected chi connectivity index (χ2v) is 3.42. The van der Waals surface area contributed by atoms with E-state index >= 15 is 0 Å². The van der Waals surface area contributed by atoms with Gasteiger partial charge in [-0.1, -0.05) is 6.07 Å².